The third kappa shape index (κ3) is 5.46. The van der Waals surface area contributed by atoms with Crippen molar-refractivity contribution in [2.24, 2.45) is 11.7 Å². The van der Waals surface area contributed by atoms with Crippen LogP contribution in [-0.2, 0) is 11.3 Å². The average Bonchev–Trinajstić information content (AvgIpc) is 3.07. The zero-order valence-corrected chi connectivity index (χ0v) is 14.2. The maximum absolute atomic E-state index is 10.8. The first kappa shape index (κ1) is 17.2. The summed E-state index contributed by atoms with van der Waals surface area (Å²) in [6.45, 7) is 3.88. The molecule has 2 heterocycles. The second-order valence-corrected chi connectivity index (χ2v) is 6.39. The number of anilines is 1. The number of likely N-dealkylation sites (tertiary alicyclic amines) is 1. The summed E-state index contributed by atoms with van der Waals surface area (Å²) in [6, 6.07) is 13.7. The van der Waals surface area contributed by atoms with E-state index in [4.69, 9.17) is 10.5 Å². The van der Waals surface area contributed by atoms with Crippen molar-refractivity contribution in [1.82, 2.24) is 9.88 Å². The van der Waals surface area contributed by atoms with Crippen molar-refractivity contribution >= 4 is 11.7 Å². The molecule has 25 heavy (non-hydrogen) atoms. The van der Waals surface area contributed by atoms with Gasteiger partial charge in [-0.1, -0.05) is 18.2 Å². The Morgan fingerprint density at radius 2 is 2.24 bits per heavy atom. The van der Waals surface area contributed by atoms with E-state index >= 15 is 0 Å². The SMILES string of the molecule is NC(=O)COc1cccc(CN2CC[C@H](CNc3ccccn3)C2)c1. The van der Waals surface area contributed by atoms with Gasteiger partial charge in [-0.25, -0.2) is 4.98 Å². The van der Waals surface area contributed by atoms with E-state index in [1.807, 2.05) is 36.4 Å². The van der Waals surface area contributed by atoms with E-state index in [9.17, 15) is 4.79 Å². The lowest BCUT2D eigenvalue weighted by molar-refractivity contribution is -0.119. The van der Waals surface area contributed by atoms with E-state index < -0.39 is 5.91 Å². The van der Waals surface area contributed by atoms with Gasteiger partial charge in [0, 0.05) is 25.8 Å². The monoisotopic (exact) mass is 340 g/mol. The van der Waals surface area contributed by atoms with Gasteiger partial charge in [0.1, 0.15) is 11.6 Å². The molecule has 1 atom stereocenters. The Balaban J connectivity index is 1.46. The number of benzene rings is 1. The van der Waals surface area contributed by atoms with Crippen molar-refractivity contribution in [3.8, 4) is 5.75 Å². The van der Waals surface area contributed by atoms with Gasteiger partial charge in [0.05, 0.1) is 0 Å². The van der Waals surface area contributed by atoms with Gasteiger partial charge in [-0.3, -0.25) is 9.69 Å². The van der Waals surface area contributed by atoms with Crippen LogP contribution < -0.4 is 15.8 Å². The molecule has 0 aliphatic carbocycles. The smallest absolute Gasteiger partial charge is 0.255 e. The second-order valence-electron chi connectivity index (χ2n) is 6.39. The Kier molecular flexibility index (Phi) is 5.85. The van der Waals surface area contributed by atoms with Gasteiger partial charge in [0.2, 0.25) is 0 Å². The van der Waals surface area contributed by atoms with Crippen molar-refractivity contribution in [2.75, 3.05) is 31.6 Å². The molecule has 1 amide bonds. The number of carbonyl (C=O) groups is 1. The van der Waals surface area contributed by atoms with Crippen molar-refractivity contribution in [3.05, 3.63) is 54.2 Å². The van der Waals surface area contributed by atoms with Crippen LogP contribution in [0.4, 0.5) is 5.82 Å². The van der Waals surface area contributed by atoms with Crippen molar-refractivity contribution in [2.45, 2.75) is 13.0 Å². The number of ether oxygens (including phenoxy) is 1. The van der Waals surface area contributed by atoms with Gasteiger partial charge in [-0.05, 0) is 48.7 Å². The summed E-state index contributed by atoms with van der Waals surface area (Å²) in [4.78, 5) is 17.6. The maximum atomic E-state index is 10.8. The predicted molar refractivity (Wildman–Crippen MR) is 97.2 cm³/mol. The first-order valence-corrected chi connectivity index (χ1v) is 8.56. The molecule has 1 saturated heterocycles. The molecule has 0 spiro atoms. The molecule has 1 aromatic carbocycles. The lowest BCUT2D eigenvalue weighted by atomic mass is 10.1. The molecule has 2 aromatic rings. The first-order valence-electron chi connectivity index (χ1n) is 8.56. The fourth-order valence-corrected chi connectivity index (χ4v) is 3.09. The highest BCUT2D eigenvalue weighted by Crippen LogP contribution is 2.21. The molecular formula is C19H24N4O2. The highest BCUT2D eigenvalue weighted by molar-refractivity contribution is 5.75. The minimum Gasteiger partial charge on any atom is -0.484 e. The van der Waals surface area contributed by atoms with Crippen LogP contribution in [0.1, 0.15) is 12.0 Å². The summed E-state index contributed by atoms with van der Waals surface area (Å²) in [6.07, 6.45) is 2.98. The molecule has 0 saturated carbocycles. The molecule has 6 nitrogen and oxygen atoms in total. The summed E-state index contributed by atoms with van der Waals surface area (Å²) < 4.78 is 5.37. The van der Waals surface area contributed by atoms with E-state index in [0.29, 0.717) is 11.7 Å². The lowest BCUT2D eigenvalue weighted by Gasteiger charge is -2.17. The predicted octanol–water partition coefficient (Wildman–Crippen LogP) is 1.88. The molecule has 3 N–H and O–H groups in total. The first-order chi connectivity index (χ1) is 12.2. The summed E-state index contributed by atoms with van der Waals surface area (Å²) in [5, 5.41) is 3.41. The fourth-order valence-electron chi connectivity index (χ4n) is 3.09. The average molecular weight is 340 g/mol. The Hall–Kier alpha value is -2.60. The largest absolute Gasteiger partial charge is 0.484 e. The normalized spacial score (nSPS) is 17.4. The Labute approximate surface area is 148 Å². The number of aromatic nitrogens is 1. The Morgan fingerprint density at radius 1 is 1.32 bits per heavy atom. The van der Waals surface area contributed by atoms with Gasteiger partial charge in [-0.2, -0.15) is 0 Å². The molecule has 132 valence electrons. The highest BCUT2D eigenvalue weighted by Gasteiger charge is 2.22. The molecule has 0 radical (unpaired) electrons. The standard InChI is InChI=1S/C19H24N4O2/c20-18(24)14-25-17-5-3-4-15(10-17)12-23-9-7-16(13-23)11-22-19-6-1-2-8-21-19/h1-6,8,10,16H,7,9,11-14H2,(H2,20,24)(H,21,22)/t16-/m1/s1. The van der Waals surface area contributed by atoms with Crippen LogP contribution >= 0.6 is 0 Å². The minimum absolute atomic E-state index is 0.0889. The van der Waals surface area contributed by atoms with Gasteiger partial charge >= 0.3 is 0 Å². The molecule has 1 aromatic heterocycles. The quantitative estimate of drug-likeness (QED) is 0.767. The number of nitrogens with zero attached hydrogens (tertiary/aromatic N) is 2. The van der Waals surface area contributed by atoms with Crippen LogP contribution in [-0.4, -0.2) is 42.0 Å². The van der Waals surface area contributed by atoms with E-state index in [-0.39, 0.29) is 6.61 Å². The number of rotatable bonds is 8. The van der Waals surface area contributed by atoms with Gasteiger partial charge in [-0.15, -0.1) is 0 Å². The number of carbonyl (C=O) groups excluding carboxylic acids is 1. The van der Waals surface area contributed by atoms with Crippen molar-refractivity contribution in [1.29, 1.82) is 0 Å². The van der Waals surface area contributed by atoms with E-state index in [1.54, 1.807) is 6.20 Å². The lowest BCUT2D eigenvalue weighted by Crippen LogP contribution is -2.23. The maximum Gasteiger partial charge on any atom is 0.255 e. The van der Waals surface area contributed by atoms with Crippen LogP contribution in [0.2, 0.25) is 0 Å². The molecular weight excluding hydrogens is 316 g/mol. The van der Waals surface area contributed by atoms with Gasteiger partial charge < -0.3 is 15.8 Å². The van der Waals surface area contributed by atoms with Gasteiger partial charge in [0.25, 0.3) is 5.91 Å². The molecule has 1 aliphatic rings. The van der Waals surface area contributed by atoms with Crippen molar-refractivity contribution < 1.29 is 9.53 Å². The third-order valence-corrected chi connectivity index (χ3v) is 4.29. The summed E-state index contributed by atoms with van der Waals surface area (Å²) in [5.74, 6) is 1.77. The Bertz CT molecular complexity index is 693. The summed E-state index contributed by atoms with van der Waals surface area (Å²) in [7, 11) is 0. The number of amides is 1. The number of primary amides is 1. The summed E-state index contributed by atoms with van der Waals surface area (Å²) in [5.41, 5.74) is 6.29. The number of nitrogens with one attached hydrogen (secondary N) is 1. The van der Waals surface area contributed by atoms with E-state index in [1.165, 1.54) is 12.0 Å². The highest BCUT2D eigenvalue weighted by atomic mass is 16.5. The third-order valence-electron chi connectivity index (χ3n) is 4.29. The van der Waals surface area contributed by atoms with Crippen LogP contribution in [0, 0.1) is 5.92 Å². The van der Waals surface area contributed by atoms with Crippen LogP contribution in [0.25, 0.3) is 0 Å². The molecule has 6 heteroatoms. The molecule has 3 rings (SSSR count). The van der Waals surface area contributed by atoms with Gasteiger partial charge in [0.15, 0.2) is 6.61 Å². The molecule has 1 fully saturated rings. The van der Waals surface area contributed by atoms with Crippen LogP contribution in [0.3, 0.4) is 0 Å². The molecule has 0 bridgehead atoms. The number of hydrogen-bond acceptors (Lipinski definition) is 5. The van der Waals surface area contributed by atoms with Crippen LogP contribution in [0.5, 0.6) is 5.75 Å². The van der Waals surface area contributed by atoms with Crippen LogP contribution in [0.15, 0.2) is 48.7 Å². The zero-order chi connectivity index (χ0) is 17.5. The number of nitrogens with two attached hydrogens (primary N) is 1. The van der Waals surface area contributed by atoms with E-state index in [2.05, 4.69) is 21.3 Å². The number of pyridine rings is 1. The molecule has 0 unspecified atom stereocenters. The van der Waals surface area contributed by atoms with Crippen molar-refractivity contribution in [3.63, 3.8) is 0 Å². The second kappa shape index (κ2) is 8.48. The minimum atomic E-state index is -0.465. The zero-order valence-electron chi connectivity index (χ0n) is 14.2. The summed E-state index contributed by atoms with van der Waals surface area (Å²) >= 11 is 0. The van der Waals surface area contributed by atoms with E-state index in [0.717, 1.165) is 32.0 Å². The molecule has 1 aliphatic heterocycles. The fraction of sp³-hybridized carbons (Fsp3) is 0.368. The topological polar surface area (TPSA) is 80.5 Å². The number of hydrogen-bond donors (Lipinski definition) is 2. The Morgan fingerprint density at radius 3 is 3.04 bits per heavy atom.